The number of aromatic nitrogens is 2. The summed E-state index contributed by atoms with van der Waals surface area (Å²) in [7, 11) is -1.22. The number of amides is 2. The lowest BCUT2D eigenvalue weighted by Gasteiger charge is -2.13. The zero-order valence-corrected chi connectivity index (χ0v) is 16.3. The minimum Gasteiger partial charge on any atom is -0.395 e. The predicted octanol–water partition coefficient (Wildman–Crippen LogP) is 1.26. The molecule has 1 aromatic heterocycles. The monoisotopic (exact) mass is 402 g/mol. The van der Waals surface area contributed by atoms with Gasteiger partial charge in [-0.2, -0.15) is 0 Å². The molecule has 0 saturated heterocycles. The number of hydrogen-bond acceptors (Lipinski definition) is 6. The average Bonchev–Trinajstić information content (AvgIpc) is 3.22. The molecule has 2 aromatic rings. The van der Waals surface area contributed by atoms with Gasteiger partial charge in [0.15, 0.2) is 0 Å². The molecule has 1 unspecified atom stereocenters. The van der Waals surface area contributed by atoms with E-state index in [4.69, 9.17) is 5.11 Å². The van der Waals surface area contributed by atoms with Crippen molar-refractivity contribution in [1.82, 2.24) is 14.5 Å². The van der Waals surface area contributed by atoms with Gasteiger partial charge in [0.25, 0.3) is 11.8 Å². The van der Waals surface area contributed by atoms with Gasteiger partial charge < -0.3 is 15.0 Å². The lowest BCUT2D eigenvalue weighted by Crippen LogP contribution is -2.34. The molecule has 3 rings (SSSR count). The van der Waals surface area contributed by atoms with Crippen molar-refractivity contribution in [3.63, 3.8) is 0 Å². The summed E-state index contributed by atoms with van der Waals surface area (Å²) in [5, 5.41) is 11.8. The van der Waals surface area contributed by atoms with E-state index >= 15 is 0 Å². The van der Waals surface area contributed by atoms with Crippen LogP contribution in [-0.2, 0) is 32.7 Å². The number of carbonyl (C=O) groups excluding carboxylic acids is 2. The predicted molar refractivity (Wildman–Crippen MR) is 105 cm³/mol. The second-order valence-corrected chi connectivity index (χ2v) is 7.75. The summed E-state index contributed by atoms with van der Waals surface area (Å²) in [6.45, 7) is 2.60. The molecule has 9 heteroatoms. The van der Waals surface area contributed by atoms with E-state index < -0.39 is 22.6 Å². The molecule has 0 aliphatic carbocycles. The highest BCUT2D eigenvalue weighted by Gasteiger charge is 2.30. The summed E-state index contributed by atoms with van der Waals surface area (Å²) >= 11 is 0. The number of aliphatic hydroxyl groups excluding tert-OH is 1. The zero-order chi connectivity index (χ0) is 20.1. The fourth-order valence-electron chi connectivity index (χ4n) is 2.88. The number of imide groups is 1. The molecule has 1 aliphatic rings. The molecule has 1 atom stereocenters. The first kappa shape index (κ1) is 20.0. The van der Waals surface area contributed by atoms with Crippen LogP contribution in [0.3, 0.4) is 0 Å². The number of hydrogen-bond donors (Lipinski definition) is 2. The van der Waals surface area contributed by atoms with E-state index in [1.807, 2.05) is 4.57 Å². The molecule has 8 nitrogen and oxygen atoms in total. The van der Waals surface area contributed by atoms with Crippen LogP contribution >= 0.6 is 0 Å². The Balaban J connectivity index is 1.64. The molecule has 0 fully saturated rings. The summed E-state index contributed by atoms with van der Waals surface area (Å²) < 4.78 is 14.6. The maximum Gasteiger partial charge on any atom is 0.277 e. The molecule has 0 saturated carbocycles. The third kappa shape index (κ3) is 4.37. The lowest BCUT2D eigenvalue weighted by molar-refractivity contribution is -0.137. The molecule has 148 valence electrons. The maximum atomic E-state index is 12.6. The molecule has 28 heavy (non-hydrogen) atoms. The fourth-order valence-corrected chi connectivity index (χ4v) is 4.00. The number of carbonyl (C=O) groups is 2. The minimum atomic E-state index is -1.22. The number of nitrogens with zero attached hydrogens (tertiary/aromatic N) is 3. The van der Waals surface area contributed by atoms with Crippen molar-refractivity contribution in [3.8, 4) is 0 Å². The average molecular weight is 402 g/mol. The van der Waals surface area contributed by atoms with Gasteiger partial charge in [0.1, 0.15) is 5.70 Å². The smallest absolute Gasteiger partial charge is 0.277 e. The van der Waals surface area contributed by atoms with Gasteiger partial charge in [-0.05, 0) is 30.7 Å². The third-order valence-electron chi connectivity index (χ3n) is 4.27. The molecular formula is C19H22N4O4S. The van der Waals surface area contributed by atoms with Gasteiger partial charge in [0, 0.05) is 29.4 Å². The molecule has 0 radical (unpaired) electrons. The van der Waals surface area contributed by atoms with Gasteiger partial charge in [-0.1, -0.05) is 6.92 Å². The number of anilines is 1. The molecule has 2 heterocycles. The van der Waals surface area contributed by atoms with Crippen LogP contribution in [-0.4, -0.2) is 48.7 Å². The van der Waals surface area contributed by atoms with Gasteiger partial charge in [0.2, 0.25) is 0 Å². The Bertz CT molecular complexity index is 920. The van der Waals surface area contributed by atoms with Crippen LogP contribution in [0.25, 0.3) is 0 Å². The second kappa shape index (κ2) is 8.94. The first-order chi connectivity index (χ1) is 13.5. The molecule has 1 aromatic carbocycles. The first-order valence-electron chi connectivity index (χ1n) is 8.96. The lowest BCUT2D eigenvalue weighted by atomic mass is 10.3. The maximum absolute atomic E-state index is 12.6. The number of aliphatic hydroxyl groups is 1. The van der Waals surface area contributed by atoms with E-state index in [1.54, 1.807) is 36.8 Å². The quantitative estimate of drug-likeness (QED) is 0.612. The highest BCUT2D eigenvalue weighted by atomic mass is 32.2. The van der Waals surface area contributed by atoms with Crippen molar-refractivity contribution in [2.45, 2.75) is 30.5 Å². The summed E-state index contributed by atoms with van der Waals surface area (Å²) in [4.78, 5) is 29.7. The number of benzene rings is 1. The third-order valence-corrected chi connectivity index (χ3v) is 5.63. The van der Waals surface area contributed by atoms with Crippen LogP contribution in [0.15, 0.2) is 53.5 Å². The number of β-amino-alcohol motifs (C(OH)–C–C–N with tert-alkyl or cyclic N) is 1. The highest BCUT2D eigenvalue weighted by Crippen LogP contribution is 2.20. The Morgan fingerprint density at radius 3 is 2.61 bits per heavy atom. The van der Waals surface area contributed by atoms with Crippen molar-refractivity contribution in [1.29, 1.82) is 0 Å². The SMILES string of the molecule is CCCn1cncc1CS(=O)c1ccc(NC2=CC(=O)N(CCO)C2=O)cc1. The molecule has 0 bridgehead atoms. The topological polar surface area (TPSA) is 105 Å². The highest BCUT2D eigenvalue weighted by molar-refractivity contribution is 7.84. The molecule has 2 amide bonds. The molecular weight excluding hydrogens is 380 g/mol. The van der Waals surface area contributed by atoms with Crippen molar-refractivity contribution < 1.29 is 18.9 Å². The van der Waals surface area contributed by atoms with E-state index in [0.29, 0.717) is 16.3 Å². The van der Waals surface area contributed by atoms with Gasteiger partial charge in [-0.3, -0.25) is 18.7 Å². The van der Waals surface area contributed by atoms with Crippen molar-refractivity contribution in [3.05, 3.63) is 54.3 Å². The number of imidazole rings is 1. The van der Waals surface area contributed by atoms with Gasteiger partial charge in [-0.25, -0.2) is 4.98 Å². The van der Waals surface area contributed by atoms with E-state index in [9.17, 15) is 13.8 Å². The van der Waals surface area contributed by atoms with Crippen LogP contribution in [0.2, 0.25) is 0 Å². The standard InChI is InChI=1S/C19H22N4O4S/c1-2-7-22-13-20-11-15(22)12-28(27)16-5-3-14(4-6-16)21-17-10-18(25)23(8-9-24)19(17)26/h3-6,10-11,13,21,24H,2,7-9,12H2,1H3. The number of rotatable bonds is 9. The Labute approximate surface area is 165 Å². The minimum absolute atomic E-state index is 0.0358. The first-order valence-corrected chi connectivity index (χ1v) is 10.3. The van der Waals surface area contributed by atoms with Crippen LogP contribution in [0.5, 0.6) is 0 Å². The van der Waals surface area contributed by atoms with Gasteiger partial charge in [0.05, 0.1) is 41.7 Å². The van der Waals surface area contributed by atoms with E-state index in [2.05, 4.69) is 17.2 Å². The van der Waals surface area contributed by atoms with E-state index in [0.717, 1.165) is 23.6 Å². The normalized spacial score (nSPS) is 15.1. The van der Waals surface area contributed by atoms with Gasteiger partial charge in [-0.15, -0.1) is 0 Å². The summed E-state index contributed by atoms with van der Waals surface area (Å²) in [5.41, 5.74) is 1.68. The van der Waals surface area contributed by atoms with Crippen LogP contribution < -0.4 is 5.32 Å². The Morgan fingerprint density at radius 2 is 1.93 bits per heavy atom. The van der Waals surface area contributed by atoms with Crippen molar-refractivity contribution >= 4 is 28.3 Å². The van der Waals surface area contributed by atoms with Crippen LogP contribution in [0.1, 0.15) is 19.0 Å². The van der Waals surface area contributed by atoms with Crippen LogP contribution in [0.4, 0.5) is 5.69 Å². The summed E-state index contributed by atoms with van der Waals surface area (Å²) in [6, 6.07) is 6.88. The van der Waals surface area contributed by atoms with Crippen LogP contribution in [0, 0.1) is 0 Å². The van der Waals surface area contributed by atoms with Crippen molar-refractivity contribution in [2.24, 2.45) is 0 Å². The van der Waals surface area contributed by atoms with Crippen molar-refractivity contribution in [2.75, 3.05) is 18.5 Å². The number of aryl methyl sites for hydroxylation is 1. The van der Waals surface area contributed by atoms with E-state index in [-0.39, 0.29) is 18.8 Å². The van der Waals surface area contributed by atoms with Gasteiger partial charge >= 0.3 is 0 Å². The Morgan fingerprint density at radius 1 is 1.18 bits per heavy atom. The number of nitrogens with one attached hydrogen (secondary N) is 1. The largest absolute Gasteiger partial charge is 0.395 e. The Hall–Kier alpha value is -2.78. The summed E-state index contributed by atoms with van der Waals surface area (Å²) in [6.07, 6.45) is 5.66. The summed E-state index contributed by atoms with van der Waals surface area (Å²) in [5.74, 6) is -0.556. The Kier molecular flexibility index (Phi) is 6.37. The molecule has 0 spiro atoms. The molecule has 1 aliphatic heterocycles. The molecule has 2 N–H and O–H groups in total. The fraction of sp³-hybridized carbons (Fsp3) is 0.316. The zero-order valence-electron chi connectivity index (χ0n) is 15.5. The van der Waals surface area contributed by atoms with E-state index in [1.165, 1.54) is 6.08 Å². The second-order valence-electron chi connectivity index (χ2n) is 6.29.